The van der Waals surface area contributed by atoms with Gasteiger partial charge in [-0.15, -0.1) is 0 Å². The molecule has 6 bridgehead atoms. The molecule has 6 aromatic carbocycles. The van der Waals surface area contributed by atoms with E-state index >= 15 is 0 Å². The quantitative estimate of drug-likeness (QED) is 0.0265. The highest BCUT2D eigenvalue weighted by molar-refractivity contribution is 5.94. The molecular formula is C79H105NO14. The maximum atomic E-state index is 13.0. The maximum Gasteiger partial charge on any atom is 0.312 e. The maximum absolute atomic E-state index is 13.0. The first kappa shape index (κ1) is 71.6. The number of carbonyl (C=O) groups excluding carboxylic acids is 2. The lowest BCUT2D eigenvalue weighted by atomic mass is 9.48. The predicted octanol–water partition coefficient (Wildman–Crippen LogP) is 15.9. The summed E-state index contributed by atoms with van der Waals surface area (Å²) in [4.78, 5) is 25.6. The number of carbonyl (C=O) groups is 2. The number of hydrogen-bond acceptors (Lipinski definition) is 14. The van der Waals surface area contributed by atoms with E-state index < -0.39 is 49.1 Å². The molecule has 6 saturated carbocycles. The molecule has 6 aliphatic carbocycles. The Morgan fingerprint density at radius 1 is 0.606 bits per heavy atom. The van der Waals surface area contributed by atoms with Crippen LogP contribution in [-0.4, -0.2) is 76.0 Å². The summed E-state index contributed by atoms with van der Waals surface area (Å²) in [6.07, 6.45) is 14.7. The van der Waals surface area contributed by atoms with Crippen LogP contribution in [0.4, 0.5) is 5.69 Å². The van der Waals surface area contributed by atoms with Crippen LogP contribution in [0.3, 0.4) is 0 Å². The van der Waals surface area contributed by atoms with E-state index in [1.54, 1.807) is 38.5 Å². The minimum Gasteiger partial charge on any atom is -0.507 e. The Morgan fingerprint density at radius 3 is 1.64 bits per heavy atom. The number of rotatable bonds is 27. The highest BCUT2D eigenvalue weighted by Crippen LogP contribution is 2.62. The molecular weight excluding hydrogens is 1190 g/mol. The monoisotopic (exact) mass is 1290 g/mol. The molecule has 15 heteroatoms. The van der Waals surface area contributed by atoms with Crippen LogP contribution in [0.5, 0.6) is 28.7 Å². The summed E-state index contributed by atoms with van der Waals surface area (Å²) in [6, 6.07) is 34.0. The number of phenols is 1. The second-order valence-electron chi connectivity index (χ2n) is 28.7. The van der Waals surface area contributed by atoms with E-state index in [2.05, 4.69) is 50.4 Å². The average molecular weight is 1290 g/mol. The van der Waals surface area contributed by atoms with Crippen molar-refractivity contribution in [2.45, 2.75) is 220 Å². The molecule has 0 saturated heterocycles. The highest BCUT2D eigenvalue weighted by Gasteiger charge is 2.60. The Hall–Kier alpha value is -6.72. The van der Waals surface area contributed by atoms with Crippen LogP contribution >= 0.6 is 0 Å². The van der Waals surface area contributed by atoms with Crippen molar-refractivity contribution in [2.24, 2.45) is 28.6 Å². The predicted molar refractivity (Wildman–Crippen MR) is 367 cm³/mol. The summed E-state index contributed by atoms with van der Waals surface area (Å²) in [5.74, 6) is 5.28. The standard InChI is InChI=1S/C34H39NO8.C33H48O5.C12H18O/c1-4-34(2,3)33(41)35-24-11-13-25(14-12-24)43-30(23-10-9-21-7-5-6-8-22(21)15-23)20-42-32-28(18-38)26(16-36)31(40)27(17-37)29(32)19-39;1-6-30(2,3)29(34)38-33-9-7-32(21-33,8-10-33)37-28-25(19-35-4)14-27(15-26(28)20-36-5)31-16-22-11-23(17-31)13-24(12-22)18-31;1-4-10(3)11-6-8-12(9-7-11)13-5-2/h5-15,30,36-40H,4,16-20H2,1-3H3,(H,35,41);14-15,22-24H,6-13,16-21H2,1-5H3;6-10H,4-5H2,1-3H3. The molecule has 1 amide bonds. The summed E-state index contributed by atoms with van der Waals surface area (Å²) in [5, 5.41) is 55.6. The van der Waals surface area contributed by atoms with Crippen molar-refractivity contribution in [3.05, 3.63) is 153 Å². The van der Waals surface area contributed by atoms with Gasteiger partial charge in [0, 0.05) is 65.1 Å². The zero-order valence-electron chi connectivity index (χ0n) is 57.7. The van der Waals surface area contributed by atoms with Crippen LogP contribution in [-0.2, 0) is 68.9 Å². The number of anilines is 1. The van der Waals surface area contributed by atoms with Gasteiger partial charge in [0.1, 0.15) is 46.6 Å². The largest absolute Gasteiger partial charge is 0.507 e. The number of aliphatic hydroxyl groups is 4. The number of nitrogens with one attached hydrogen (secondary N) is 1. The molecule has 94 heavy (non-hydrogen) atoms. The number of aromatic hydroxyl groups is 1. The van der Waals surface area contributed by atoms with Crippen molar-refractivity contribution in [3.8, 4) is 28.7 Å². The smallest absolute Gasteiger partial charge is 0.312 e. The molecule has 6 aromatic rings. The molecule has 15 nitrogen and oxygen atoms in total. The average Bonchev–Trinajstić information content (AvgIpc) is 1.08. The first-order chi connectivity index (χ1) is 45.1. The minimum atomic E-state index is -0.675. The van der Waals surface area contributed by atoms with Gasteiger partial charge in [-0.1, -0.05) is 90.1 Å². The van der Waals surface area contributed by atoms with Gasteiger partial charge < -0.3 is 64.0 Å². The molecule has 0 heterocycles. The number of esters is 1. The third kappa shape index (κ3) is 16.0. The van der Waals surface area contributed by atoms with Crippen LogP contribution < -0.4 is 24.3 Å². The van der Waals surface area contributed by atoms with Crippen molar-refractivity contribution >= 4 is 28.3 Å². The highest BCUT2D eigenvalue weighted by atomic mass is 16.6. The van der Waals surface area contributed by atoms with Gasteiger partial charge in [-0.05, 0) is 215 Å². The molecule has 2 atom stereocenters. The van der Waals surface area contributed by atoms with Gasteiger partial charge in [0.15, 0.2) is 6.10 Å². The summed E-state index contributed by atoms with van der Waals surface area (Å²) >= 11 is 0. The lowest BCUT2D eigenvalue weighted by Crippen LogP contribution is -2.48. The van der Waals surface area contributed by atoms with Gasteiger partial charge in [0.05, 0.1) is 51.7 Å². The molecule has 0 spiro atoms. The second-order valence-corrected chi connectivity index (χ2v) is 28.7. The topological polar surface area (TPSA) is 212 Å². The van der Waals surface area contributed by atoms with Gasteiger partial charge in [-0.3, -0.25) is 9.59 Å². The molecule has 6 fully saturated rings. The first-order valence-corrected chi connectivity index (χ1v) is 34.4. The van der Waals surface area contributed by atoms with Crippen LogP contribution in [0.1, 0.15) is 214 Å². The van der Waals surface area contributed by atoms with Gasteiger partial charge in [-0.2, -0.15) is 0 Å². The molecule has 0 aromatic heterocycles. The van der Waals surface area contributed by atoms with E-state index in [0.717, 1.165) is 102 Å². The van der Waals surface area contributed by atoms with Gasteiger partial charge in [0.25, 0.3) is 0 Å². The molecule has 6 N–H and O–H groups in total. The van der Waals surface area contributed by atoms with Crippen LogP contribution in [0.15, 0.2) is 103 Å². The Labute approximate surface area is 557 Å². The van der Waals surface area contributed by atoms with E-state index in [1.165, 1.54) is 56.1 Å². The number of aliphatic hydroxyl groups excluding tert-OH is 4. The van der Waals surface area contributed by atoms with E-state index in [-0.39, 0.29) is 57.7 Å². The van der Waals surface area contributed by atoms with E-state index in [9.17, 15) is 35.1 Å². The molecule has 510 valence electrons. The lowest BCUT2D eigenvalue weighted by molar-refractivity contribution is -0.170. The Kier molecular flexibility index (Phi) is 23.6. The molecule has 2 unspecified atom stereocenters. The van der Waals surface area contributed by atoms with Gasteiger partial charge in [-0.25, -0.2) is 0 Å². The fraction of sp³-hybridized carbons (Fsp3) is 0.544. The minimum absolute atomic E-state index is 0.00538. The molecule has 0 aliphatic heterocycles. The van der Waals surface area contributed by atoms with Crippen molar-refractivity contribution in [3.63, 3.8) is 0 Å². The van der Waals surface area contributed by atoms with Crippen molar-refractivity contribution < 1.29 is 68.3 Å². The van der Waals surface area contributed by atoms with Crippen LogP contribution in [0, 0.1) is 28.6 Å². The number of fused-ring (bicyclic) bond motifs is 3. The summed E-state index contributed by atoms with van der Waals surface area (Å²) in [5.41, 5.74) is 5.51. The van der Waals surface area contributed by atoms with Gasteiger partial charge >= 0.3 is 5.97 Å². The fourth-order valence-corrected chi connectivity index (χ4v) is 15.3. The van der Waals surface area contributed by atoms with Crippen LogP contribution in [0.2, 0.25) is 0 Å². The Bertz CT molecular complexity index is 3420. The molecule has 0 radical (unpaired) electrons. The fourth-order valence-electron chi connectivity index (χ4n) is 15.3. The van der Waals surface area contributed by atoms with Gasteiger partial charge in [0.2, 0.25) is 5.91 Å². The second kappa shape index (κ2) is 31.0. The van der Waals surface area contributed by atoms with E-state index in [1.807, 2.05) is 96.1 Å². The summed E-state index contributed by atoms with van der Waals surface area (Å²) in [6.45, 7) is 17.6. The summed E-state index contributed by atoms with van der Waals surface area (Å²) < 4.78 is 42.8. The normalized spacial score (nSPS) is 22.4. The first-order valence-electron chi connectivity index (χ1n) is 34.4. The summed E-state index contributed by atoms with van der Waals surface area (Å²) in [7, 11) is 3.56. The zero-order valence-corrected chi connectivity index (χ0v) is 57.7. The lowest BCUT2D eigenvalue weighted by Gasteiger charge is -2.57. The Balaban J connectivity index is 0.000000187. The number of benzene rings is 6. The van der Waals surface area contributed by atoms with E-state index in [4.69, 9.17) is 33.2 Å². The SMILES string of the molecule is CCC(C)(C)C(=O)Nc1ccc(OC(COc2c(CO)c(CO)c(O)c(CO)c2CO)c2ccc3ccccc3c2)cc1.CCC(C)(C)C(=O)OC12CCC(Oc3c(COC)cc(C45CC6CC(CC(C6)C4)C5)cc3COC)(CC1)C2.CCOc1ccc(C(C)CC)cc1. The number of methoxy groups -OCH3 is 2. The number of ether oxygens (including phenoxy) is 7. The van der Waals surface area contributed by atoms with Crippen molar-refractivity contribution in [1.29, 1.82) is 0 Å². The van der Waals surface area contributed by atoms with Crippen molar-refractivity contribution in [1.82, 2.24) is 0 Å². The molecule has 12 rings (SSSR count). The van der Waals surface area contributed by atoms with Crippen LogP contribution in [0.25, 0.3) is 10.8 Å². The van der Waals surface area contributed by atoms with E-state index in [0.29, 0.717) is 42.4 Å². The molecule has 6 aliphatic rings. The number of hydrogen-bond donors (Lipinski definition) is 6. The number of amides is 1. The third-order valence-electron chi connectivity index (χ3n) is 21.5. The van der Waals surface area contributed by atoms with Crippen molar-refractivity contribution in [2.75, 3.05) is 32.8 Å². The third-order valence-corrected chi connectivity index (χ3v) is 21.5. The Morgan fingerprint density at radius 2 is 1.13 bits per heavy atom. The zero-order chi connectivity index (χ0) is 67.6.